The number of H-pyrrole nitrogens is 1. The highest BCUT2D eigenvalue weighted by Gasteiger charge is 2.11. The first kappa shape index (κ1) is 16.1. The Hall–Kier alpha value is -2.28. The Morgan fingerprint density at radius 1 is 1.41 bits per heavy atom. The van der Waals surface area contributed by atoms with Gasteiger partial charge in [0.25, 0.3) is 0 Å². The molecule has 2 N–H and O–H groups in total. The minimum Gasteiger partial charge on any atom is -0.461 e. The minimum absolute atomic E-state index is 0.135. The van der Waals surface area contributed by atoms with Crippen LogP contribution >= 0.6 is 11.8 Å². The first-order valence-electron chi connectivity index (χ1n) is 6.80. The normalized spacial score (nSPS) is 10.3. The first-order chi connectivity index (χ1) is 10.6. The highest BCUT2D eigenvalue weighted by molar-refractivity contribution is 7.99. The molecule has 1 heterocycles. The van der Waals surface area contributed by atoms with Crippen LogP contribution in [-0.4, -0.2) is 34.2 Å². The number of aromatic nitrogens is 2. The topological polar surface area (TPSA) is 84.1 Å². The third kappa shape index (κ3) is 4.63. The van der Waals surface area contributed by atoms with E-state index in [9.17, 15) is 9.59 Å². The molecule has 0 fully saturated rings. The molecule has 0 aliphatic rings. The summed E-state index contributed by atoms with van der Waals surface area (Å²) in [5.41, 5.74) is 2.12. The van der Waals surface area contributed by atoms with Crippen molar-refractivity contribution in [1.29, 1.82) is 0 Å². The van der Waals surface area contributed by atoms with E-state index in [2.05, 4.69) is 15.3 Å². The number of nitrogens with one attached hydrogen (secondary N) is 2. The highest BCUT2D eigenvalue weighted by atomic mass is 32.2. The molecule has 0 spiro atoms. The summed E-state index contributed by atoms with van der Waals surface area (Å²) in [6, 6.07) is 7.58. The van der Waals surface area contributed by atoms with Crippen molar-refractivity contribution >= 4 is 29.3 Å². The molecule has 2 rings (SSSR count). The predicted molar refractivity (Wildman–Crippen MR) is 85.1 cm³/mol. The van der Waals surface area contributed by atoms with Crippen molar-refractivity contribution in [3.05, 3.63) is 41.7 Å². The van der Waals surface area contributed by atoms with E-state index < -0.39 is 5.97 Å². The van der Waals surface area contributed by atoms with Gasteiger partial charge >= 0.3 is 5.97 Å². The zero-order valence-electron chi connectivity index (χ0n) is 12.4. The third-order valence-corrected chi connectivity index (χ3v) is 3.58. The average Bonchev–Trinajstić information content (AvgIpc) is 2.94. The SMILES string of the molecule is CCOC(=O)c1cnc(SCC(=O)Nc2cccc(C)c2)[nH]1. The van der Waals surface area contributed by atoms with Crippen molar-refractivity contribution in [3.63, 3.8) is 0 Å². The fourth-order valence-corrected chi connectivity index (χ4v) is 2.39. The van der Waals surface area contributed by atoms with Crippen molar-refractivity contribution in [2.24, 2.45) is 0 Å². The largest absolute Gasteiger partial charge is 0.461 e. The smallest absolute Gasteiger partial charge is 0.356 e. The Morgan fingerprint density at radius 3 is 2.95 bits per heavy atom. The molecule has 1 aromatic heterocycles. The van der Waals surface area contributed by atoms with Crippen LogP contribution < -0.4 is 5.32 Å². The lowest BCUT2D eigenvalue weighted by Crippen LogP contribution is -2.14. The fourth-order valence-electron chi connectivity index (χ4n) is 1.74. The minimum atomic E-state index is -0.453. The van der Waals surface area contributed by atoms with Crippen LogP contribution in [0.25, 0.3) is 0 Å². The van der Waals surface area contributed by atoms with Gasteiger partial charge in [-0.05, 0) is 31.5 Å². The highest BCUT2D eigenvalue weighted by Crippen LogP contribution is 2.15. The molecule has 0 saturated carbocycles. The van der Waals surface area contributed by atoms with Crippen molar-refractivity contribution in [2.45, 2.75) is 19.0 Å². The molecule has 0 saturated heterocycles. The van der Waals surface area contributed by atoms with E-state index in [0.29, 0.717) is 11.8 Å². The number of benzene rings is 1. The van der Waals surface area contributed by atoms with Gasteiger partial charge in [0.15, 0.2) is 5.16 Å². The van der Waals surface area contributed by atoms with Gasteiger partial charge < -0.3 is 15.0 Å². The second-order valence-corrected chi connectivity index (χ2v) is 5.49. The molecule has 0 radical (unpaired) electrons. The monoisotopic (exact) mass is 319 g/mol. The van der Waals surface area contributed by atoms with Crippen LogP contribution in [0.4, 0.5) is 5.69 Å². The maximum atomic E-state index is 11.9. The summed E-state index contributed by atoms with van der Waals surface area (Å²) in [5.74, 6) is -0.389. The fraction of sp³-hybridized carbons (Fsp3) is 0.267. The molecule has 1 aromatic carbocycles. The van der Waals surface area contributed by atoms with Crippen molar-refractivity contribution in [1.82, 2.24) is 9.97 Å². The maximum Gasteiger partial charge on any atom is 0.356 e. The number of esters is 1. The van der Waals surface area contributed by atoms with Crippen LogP contribution in [0.15, 0.2) is 35.6 Å². The molecular weight excluding hydrogens is 302 g/mol. The molecule has 1 amide bonds. The standard InChI is InChI=1S/C15H17N3O3S/c1-3-21-14(20)12-8-16-15(18-12)22-9-13(19)17-11-6-4-5-10(2)7-11/h4-8H,3,9H2,1-2H3,(H,16,18)(H,17,19). The van der Waals surface area contributed by atoms with Gasteiger partial charge in [0, 0.05) is 5.69 Å². The van der Waals surface area contributed by atoms with E-state index in [1.54, 1.807) is 6.92 Å². The Kier molecular flexibility index (Phi) is 5.60. The van der Waals surface area contributed by atoms with Crippen molar-refractivity contribution in [2.75, 3.05) is 17.7 Å². The summed E-state index contributed by atoms with van der Waals surface area (Å²) < 4.78 is 4.86. The van der Waals surface area contributed by atoms with Gasteiger partial charge in [0.2, 0.25) is 5.91 Å². The Balaban J connectivity index is 1.85. The summed E-state index contributed by atoms with van der Waals surface area (Å²) in [7, 11) is 0. The number of hydrogen-bond acceptors (Lipinski definition) is 5. The molecular formula is C15H17N3O3S. The molecule has 0 unspecified atom stereocenters. The number of aromatic amines is 1. The molecule has 0 bridgehead atoms. The Bertz CT molecular complexity index is 670. The molecule has 116 valence electrons. The zero-order valence-corrected chi connectivity index (χ0v) is 13.2. The Labute approximate surface area is 132 Å². The van der Waals surface area contributed by atoms with E-state index in [1.165, 1.54) is 18.0 Å². The zero-order chi connectivity index (χ0) is 15.9. The lowest BCUT2D eigenvalue weighted by molar-refractivity contribution is -0.113. The number of thioether (sulfide) groups is 1. The lowest BCUT2D eigenvalue weighted by Gasteiger charge is -2.04. The molecule has 0 atom stereocenters. The quantitative estimate of drug-likeness (QED) is 0.631. The number of rotatable bonds is 6. The third-order valence-electron chi connectivity index (χ3n) is 2.69. The lowest BCUT2D eigenvalue weighted by atomic mass is 10.2. The van der Waals surface area contributed by atoms with E-state index in [-0.39, 0.29) is 17.4 Å². The van der Waals surface area contributed by atoms with Crippen LogP contribution in [0, 0.1) is 6.92 Å². The number of hydrogen-bond donors (Lipinski definition) is 2. The van der Waals surface area contributed by atoms with Crippen molar-refractivity contribution in [3.8, 4) is 0 Å². The summed E-state index contributed by atoms with van der Waals surface area (Å²) in [4.78, 5) is 30.2. The summed E-state index contributed by atoms with van der Waals surface area (Å²) in [5, 5.41) is 3.31. The summed E-state index contributed by atoms with van der Waals surface area (Å²) in [6.07, 6.45) is 1.40. The predicted octanol–water partition coefficient (Wildman–Crippen LogP) is 2.63. The van der Waals surface area contributed by atoms with Gasteiger partial charge in [0.05, 0.1) is 18.6 Å². The summed E-state index contributed by atoms with van der Waals surface area (Å²) >= 11 is 1.22. The van der Waals surface area contributed by atoms with E-state index in [4.69, 9.17) is 4.74 Å². The van der Waals surface area contributed by atoms with E-state index in [1.807, 2.05) is 31.2 Å². The summed E-state index contributed by atoms with van der Waals surface area (Å²) in [6.45, 7) is 4.00. The molecule has 6 nitrogen and oxygen atoms in total. The van der Waals surface area contributed by atoms with E-state index >= 15 is 0 Å². The number of nitrogens with zero attached hydrogens (tertiary/aromatic N) is 1. The molecule has 7 heteroatoms. The van der Waals surface area contributed by atoms with Gasteiger partial charge in [-0.2, -0.15) is 0 Å². The molecule has 2 aromatic rings. The second kappa shape index (κ2) is 7.65. The van der Waals surface area contributed by atoms with Crippen molar-refractivity contribution < 1.29 is 14.3 Å². The Morgan fingerprint density at radius 2 is 2.23 bits per heavy atom. The van der Waals surface area contributed by atoms with Gasteiger partial charge in [-0.15, -0.1) is 0 Å². The van der Waals surface area contributed by atoms with E-state index in [0.717, 1.165) is 11.3 Å². The van der Waals surface area contributed by atoms with Gasteiger partial charge in [-0.3, -0.25) is 4.79 Å². The van der Waals surface area contributed by atoms with Gasteiger partial charge in [0.1, 0.15) is 5.69 Å². The van der Waals surface area contributed by atoms with Crippen LogP contribution in [0.3, 0.4) is 0 Å². The second-order valence-electron chi connectivity index (χ2n) is 4.53. The van der Waals surface area contributed by atoms with Crippen LogP contribution in [-0.2, 0) is 9.53 Å². The van der Waals surface area contributed by atoms with Gasteiger partial charge in [-0.1, -0.05) is 23.9 Å². The molecule has 22 heavy (non-hydrogen) atoms. The number of imidazole rings is 1. The number of carbonyl (C=O) groups is 2. The maximum absolute atomic E-state index is 11.9. The average molecular weight is 319 g/mol. The number of aryl methyl sites for hydroxylation is 1. The molecule has 0 aliphatic heterocycles. The number of ether oxygens (including phenoxy) is 1. The number of carbonyl (C=O) groups excluding carboxylic acids is 2. The molecule has 0 aliphatic carbocycles. The van der Waals surface area contributed by atoms with Crippen LogP contribution in [0.2, 0.25) is 0 Å². The van der Waals surface area contributed by atoms with Crippen LogP contribution in [0.1, 0.15) is 23.0 Å². The first-order valence-corrected chi connectivity index (χ1v) is 7.78. The number of amides is 1. The number of anilines is 1. The van der Waals surface area contributed by atoms with Gasteiger partial charge in [-0.25, -0.2) is 9.78 Å². The van der Waals surface area contributed by atoms with Crippen LogP contribution in [0.5, 0.6) is 0 Å².